The molecule has 0 saturated carbocycles. The molecule has 8 heteroatoms. The second-order valence-corrected chi connectivity index (χ2v) is 6.98. The van der Waals surface area contributed by atoms with Crippen molar-refractivity contribution < 1.29 is 36.6 Å². The van der Waals surface area contributed by atoms with Crippen molar-refractivity contribution in [3.63, 3.8) is 0 Å². The maximum atomic E-state index is 14.4. The van der Waals surface area contributed by atoms with Crippen LogP contribution in [0.1, 0.15) is 52.5 Å². The molecule has 166 valence electrons. The van der Waals surface area contributed by atoms with Crippen molar-refractivity contribution in [3.05, 3.63) is 94.6 Å². The number of hydrogen-bond acceptors (Lipinski definition) is 4. The first-order valence-corrected chi connectivity index (χ1v) is 9.69. The summed E-state index contributed by atoms with van der Waals surface area (Å²) < 4.78 is 67.0. The number of esters is 2. The number of hydrogen-bond donors (Lipinski definition) is 0. The lowest BCUT2D eigenvalue weighted by Gasteiger charge is -2.12. The third kappa shape index (κ3) is 4.64. The molecular weight excluding hydrogens is 428 g/mol. The summed E-state index contributed by atoms with van der Waals surface area (Å²) in [7, 11) is 0. The van der Waals surface area contributed by atoms with E-state index in [4.69, 9.17) is 4.74 Å². The lowest BCUT2D eigenvalue weighted by atomic mass is 9.98. The summed E-state index contributed by atoms with van der Waals surface area (Å²) in [6, 6.07) is 13.2. The van der Waals surface area contributed by atoms with Crippen molar-refractivity contribution >= 4 is 11.9 Å². The van der Waals surface area contributed by atoms with Crippen LogP contribution in [0.15, 0.2) is 54.6 Å². The molecule has 0 saturated heterocycles. The Morgan fingerprint density at radius 2 is 1.34 bits per heavy atom. The topological polar surface area (TPSA) is 52.6 Å². The molecule has 1 atom stereocenters. The van der Waals surface area contributed by atoms with Crippen LogP contribution >= 0.6 is 0 Å². The minimum atomic E-state index is -2.04. The summed E-state index contributed by atoms with van der Waals surface area (Å²) in [5, 5.41) is 0. The normalized spacial score (nSPS) is 11.7. The van der Waals surface area contributed by atoms with Crippen LogP contribution in [0.3, 0.4) is 0 Å². The zero-order chi connectivity index (χ0) is 23.4. The summed E-state index contributed by atoms with van der Waals surface area (Å²) in [4.78, 5) is 24.3. The first kappa shape index (κ1) is 23.0. The summed E-state index contributed by atoms with van der Waals surface area (Å²) >= 11 is 0. The van der Waals surface area contributed by atoms with Gasteiger partial charge in [0.15, 0.2) is 11.6 Å². The largest absolute Gasteiger partial charge is 0.423 e. The Morgan fingerprint density at radius 3 is 1.88 bits per heavy atom. The van der Waals surface area contributed by atoms with E-state index in [1.54, 1.807) is 18.2 Å². The number of rotatable bonds is 6. The fraction of sp³-hybridized carbons (Fsp3) is 0.167. The summed E-state index contributed by atoms with van der Waals surface area (Å²) in [6.07, 6.45) is 0.859. The zero-order valence-electron chi connectivity index (χ0n) is 17.1. The van der Waals surface area contributed by atoms with E-state index in [1.807, 2.05) is 13.8 Å². The molecule has 0 aliphatic heterocycles. The van der Waals surface area contributed by atoms with Gasteiger partial charge in [-0.3, -0.25) is 0 Å². The predicted octanol–water partition coefficient (Wildman–Crippen LogP) is 6.19. The Balaban J connectivity index is 1.88. The van der Waals surface area contributed by atoms with Gasteiger partial charge in [0.2, 0.25) is 17.4 Å². The standard InChI is InChI=1S/C24H18F4O4/c1-3-13(2)14-9-11-15(12-10-14)23(29)32-22-20(27)18(25)17(19(26)21(22)28)24(30)31-16-7-5-4-6-8-16/h4-13H,3H2,1-2H3. The van der Waals surface area contributed by atoms with E-state index in [-0.39, 0.29) is 17.2 Å². The average molecular weight is 446 g/mol. The number of halogens is 4. The average Bonchev–Trinajstić information content (AvgIpc) is 2.80. The fourth-order valence-electron chi connectivity index (χ4n) is 2.86. The van der Waals surface area contributed by atoms with Gasteiger partial charge in [0.1, 0.15) is 11.3 Å². The third-order valence-corrected chi connectivity index (χ3v) is 4.90. The predicted molar refractivity (Wildman–Crippen MR) is 108 cm³/mol. The molecule has 3 aromatic rings. The van der Waals surface area contributed by atoms with Crippen LogP contribution in [-0.2, 0) is 0 Å². The van der Waals surface area contributed by atoms with Crippen molar-refractivity contribution in [1.29, 1.82) is 0 Å². The van der Waals surface area contributed by atoms with E-state index in [2.05, 4.69) is 4.74 Å². The highest BCUT2D eigenvalue weighted by molar-refractivity contribution is 5.93. The molecule has 0 aromatic heterocycles. The van der Waals surface area contributed by atoms with Crippen molar-refractivity contribution in [3.8, 4) is 11.5 Å². The van der Waals surface area contributed by atoms with Crippen molar-refractivity contribution in [2.75, 3.05) is 0 Å². The van der Waals surface area contributed by atoms with Crippen molar-refractivity contribution in [2.24, 2.45) is 0 Å². The molecule has 0 spiro atoms. The van der Waals surface area contributed by atoms with Crippen LogP contribution in [0.25, 0.3) is 0 Å². The van der Waals surface area contributed by atoms with Gasteiger partial charge >= 0.3 is 11.9 Å². The molecule has 0 heterocycles. The Hall–Kier alpha value is -3.68. The Kier molecular flexibility index (Phi) is 6.92. The molecule has 0 amide bonds. The van der Waals surface area contributed by atoms with Gasteiger partial charge in [-0.25, -0.2) is 18.4 Å². The van der Waals surface area contributed by atoms with E-state index in [0.29, 0.717) is 0 Å². The summed E-state index contributed by atoms with van der Waals surface area (Å²) in [5.41, 5.74) is -0.731. The highest BCUT2D eigenvalue weighted by atomic mass is 19.2. The van der Waals surface area contributed by atoms with Gasteiger partial charge in [0.25, 0.3) is 0 Å². The van der Waals surface area contributed by atoms with Gasteiger partial charge < -0.3 is 9.47 Å². The first-order valence-electron chi connectivity index (χ1n) is 9.69. The van der Waals surface area contributed by atoms with Gasteiger partial charge in [0.05, 0.1) is 5.56 Å². The van der Waals surface area contributed by atoms with Crippen LogP contribution in [0, 0.1) is 23.3 Å². The van der Waals surface area contributed by atoms with E-state index in [0.717, 1.165) is 12.0 Å². The first-order chi connectivity index (χ1) is 15.2. The molecule has 1 unspecified atom stereocenters. The van der Waals surface area contributed by atoms with Crippen molar-refractivity contribution in [2.45, 2.75) is 26.2 Å². The quantitative estimate of drug-likeness (QED) is 0.196. The Bertz CT molecular complexity index is 1120. The highest BCUT2D eigenvalue weighted by Gasteiger charge is 2.33. The molecule has 0 aliphatic carbocycles. The molecule has 0 fully saturated rings. The van der Waals surface area contributed by atoms with Crippen molar-refractivity contribution in [1.82, 2.24) is 0 Å². The summed E-state index contributed by atoms with van der Waals surface area (Å²) in [5.74, 6) is -12.5. The Morgan fingerprint density at radius 1 is 0.781 bits per heavy atom. The van der Waals surface area contributed by atoms with Gasteiger partial charge in [-0.1, -0.05) is 44.2 Å². The zero-order valence-corrected chi connectivity index (χ0v) is 17.1. The molecule has 0 bridgehead atoms. The van der Waals surface area contributed by atoms with Gasteiger partial charge in [-0.2, -0.15) is 8.78 Å². The second kappa shape index (κ2) is 9.64. The van der Waals surface area contributed by atoms with E-state index >= 15 is 0 Å². The van der Waals surface area contributed by atoms with E-state index in [9.17, 15) is 27.2 Å². The number of ether oxygens (including phenoxy) is 2. The maximum Gasteiger partial charge on any atom is 0.349 e. The number of carbonyl (C=O) groups is 2. The van der Waals surface area contributed by atoms with Gasteiger partial charge in [-0.05, 0) is 42.2 Å². The van der Waals surface area contributed by atoms with E-state index < -0.39 is 46.5 Å². The van der Waals surface area contributed by atoms with Crippen LogP contribution in [0.2, 0.25) is 0 Å². The van der Waals surface area contributed by atoms with Crippen LogP contribution in [0.4, 0.5) is 17.6 Å². The highest BCUT2D eigenvalue weighted by Crippen LogP contribution is 2.31. The minimum Gasteiger partial charge on any atom is -0.423 e. The molecule has 3 rings (SSSR count). The molecule has 0 aliphatic rings. The second-order valence-electron chi connectivity index (χ2n) is 6.98. The van der Waals surface area contributed by atoms with Crippen LogP contribution in [0.5, 0.6) is 11.5 Å². The molecule has 4 nitrogen and oxygen atoms in total. The lowest BCUT2D eigenvalue weighted by Crippen LogP contribution is -2.19. The lowest BCUT2D eigenvalue weighted by molar-refractivity contribution is 0.0713. The molecule has 0 radical (unpaired) electrons. The maximum absolute atomic E-state index is 14.4. The van der Waals surface area contributed by atoms with E-state index in [1.165, 1.54) is 36.4 Å². The number of benzene rings is 3. The third-order valence-electron chi connectivity index (χ3n) is 4.90. The Labute approximate surface area is 181 Å². The molecule has 0 N–H and O–H groups in total. The smallest absolute Gasteiger partial charge is 0.349 e. The fourth-order valence-corrected chi connectivity index (χ4v) is 2.86. The van der Waals surface area contributed by atoms with Gasteiger partial charge in [0, 0.05) is 0 Å². The molecule has 32 heavy (non-hydrogen) atoms. The van der Waals surface area contributed by atoms with Crippen LogP contribution in [-0.4, -0.2) is 11.9 Å². The number of carbonyl (C=O) groups excluding carboxylic acids is 2. The monoisotopic (exact) mass is 446 g/mol. The molecule has 3 aromatic carbocycles. The van der Waals surface area contributed by atoms with Crippen LogP contribution < -0.4 is 9.47 Å². The van der Waals surface area contributed by atoms with Gasteiger partial charge in [-0.15, -0.1) is 0 Å². The SMILES string of the molecule is CCC(C)c1ccc(C(=O)Oc2c(F)c(F)c(C(=O)Oc3ccccc3)c(F)c2F)cc1. The summed E-state index contributed by atoms with van der Waals surface area (Å²) in [6.45, 7) is 3.97. The minimum absolute atomic E-state index is 0.0794. The number of para-hydroxylation sites is 1. The molecular formula is C24H18F4O4.